The molecule has 0 radical (unpaired) electrons. The van der Waals surface area contributed by atoms with Crippen molar-refractivity contribution in [3.63, 3.8) is 0 Å². The molecule has 4 nitrogen and oxygen atoms in total. The minimum atomic E-state index is 0.354. The van der Waals surface area contributed by atoms with E-state index in [1.165, 1.54) is 0 Å². The van der Waals surface area contributed by atoms with Crippen molar-refractivity contribution in [2.45, 2.75) is 18.9 Å². The van der Waals surface area contributed by atoms with Crippen molar-refractivity contribution in [3.8, 4) is 0 Å². The molecular weight excluding hydrogens is 192 g/mol. The maximum atomic E-state index is 5.57. The van der Waals surface area contributed by atoms with Gasteiger partial charge in [-0.3, -0.25) is 0 Å². The molecule has 0 aromatic carbocycles. The normalized spacial score (nSPS) is 22.2. The highest BCUT2D eigenvalue weighted by Crippen LogP contribution is 2.01. The number of rotatable bonds is 7. The molecule has 1 heterocycles. The Bertz CT molecular complexity index is 148. The first-order valence-corrected chi connectivity index (χ1v) is 5.84. The van der Waals surface area contributed by atoms with Gasteiger partial charge in [0.15, 0.2) is 0 Å². The highest BCUT2D eigenvalue weighted by Gasteiger charge is 2.12. The van der Waals surface area contributed by atoms with Gasteiger partial charge in [0.25, 0.3) is 0 Å². The topological polar surface area (TPSA) is 33.7 Å². The van der Waals surface area contributed by atoms with E-state index in [1.807, 2.05) is 0 Å². The first-order valence-electron chi connectivity index (χ1n) is 5.84. The standard InChI is InChI=1S/C11H24N2O2/c1-13(2)6-3-7-14-8-4-11-10-12-5-9-15-11/h11-12H,3-10H2,1-2H3. The van der Waals surface area contributed by atoms with Crippen LogP contribution in [0.2, 0.25) is 0 Å². The van der Waals surface area contributed by atoms with Crippen LogP contribution < -0.4 is 5.32 Å². The average Bonchev–Trinajstić information content (AvgIpc) is 2.24. The quantitative estimate of drug-likeness (QED) is 0.622. The Kier molecular flexibility index (Phi) is 6.92. The van der Waals surface area contributed by atoms with E-state index in [0.29, 0.717) is 6.10 Å². The zero-order chi connectivity index (χ0) is 10.9. The third kappa shape index (κ3) is 6.84. The Morgan fingerprint density at radius 3 is 2.93 bits per heavy atom. The van der Waals surface area contributed by atoms with Gasteiger partial charge < -0.3 is 19.7 Å². The molecule has 90 valence electrons. The third-order valence-corrected chi connectivity index (χ3v) is 2.48. The van der Waals surface area contributed by atoms with Crippen molar-refractivity contribution >= 4 is 0 Å². The molecule has 1 saturated heterocycles. The number of nitrogens with zero attached hydrogens (tertiary/aromatic N) is 1. The summed E-state index contributed by atoms with van der Waals surface area (Å²) in [5.41, 5.74) is 0. The molecule has 0 aromatic rings. The number of hydrogen-bond acceptors (Lipinski definition) is 4. The van der Waals surface area contributed by atoms with Gasteiger partial charge in [0.2, 0.25) is 0 Å². The maximum absolute atomic E-state index is 5.57. The highest BCUT2D eigenvalue weighted by atomic mass is 16.5. The van der Waals surface area contributed by atoms with Crippen LogP contribution in [0.4, 0.5) is 0 Å². The number of nitrogens with one attached hydrogen (secondary N) is 1. The molecule has 0 aromatic heterocycles. The first-order chi connectivity index (χ1) is 7.29. The third-order valence-electron chi connectivity index (χ3n) is 2.48. The summed E-state index contributed by atoms with van der Waals surface area (Å²) in [6.45, 7) is 5.58. The number of hydrogen-bond donors (Lipinski definition) is 1. The summed E-state index contributed by atoms with van der Waals surface area (Å²) in [5, 5.41) is 3.31. The zero-order valence-electron chi connectivity index (χ0n) is 10.00. The van der Waals surface area contributed by atoms with Crippen molar-refractivity contribution in [2.75, 3.05) is 53.6 Å². The summed E-state index contributed by atoms with van der Waals surface area (Å²) in [6.07, 6.45) is 2.47. The first kappa shape index (κ1) is 12.9. The lowest BCUT2D eigenvalue weighted by molar-refractivity contribution is 0.00232. The van der Waals surface area contributed by atoms with Crippen molar-refractivity contribution in [1.29, 1.82) is 0 Å². The van der Waals surface area contributed by atoms with Crippen LogP contribution in [0.15, 0.2) is 0 Å². The molecule has 0 bridgehead atoms. The smallest absolute Gasteiger partial charge is 0.0722 e. The fraction of sp³-hybridized carbons (Fsp3) is 1.00. The molecule has 4 heteroatoms. The Hall–Kier alpha value is -0.160. The molecule has 0 spiro atoms. The fourth-order valence-electron chi connectivity index (χ4n) is 1.60. The van der Waals surface area contributed by atoms with Gasteiger partial charge in [-0.2, -0.15) is 0 Å². The van der Waals surface area contributed by atoms with Crippen molar-refractivity contribution in [3.05, 3.63) is 0 Å². The van der Waals surface area contributed by atoms with Crippen LogP contribution in [0.25, 0.3) is 0 Å². The second-order valence-electron chi connectivity index (χ2n) is 4.25. The van der Waals surface area contributed by atoms with E-state index in [4.69, 9.17) is 9.47 Å². The Morgan fingerprint density at radius 2 is 2.27 bits per heavy atom. The van der Waals surface area contributed by atoms with E-state index in [9.17, 15) is 0 Å². The summed E-state index contributed by atoms with van der Waals surface area (Å²) in [4.78, 5) is 2.18. The SMILES string of the molecule is CN(C)CCCOCCC1CNCCO1. The molecule has 1 aliphatic rings. The Balaban J connectivity index is 1.83. The molecule has 0 saturated carbocycles. The predicted molar refractivity (Wildman–Crippen MR) is 61.2 cm³/mol. The molecule has 1 aliphatic heterocycles. The Morgan fingerprint density at radius 1 is 1.40 bits per heavy atom. The van der Waals surface area contributed by atoms with Crippen LogP contribution in [-0.4, -0.2) is 64.6 Å². The minimum absolute atomic E-state index is 0.354. The van der Waals surface area contributed by atoms with E-state index in [2.05, 4.69) is 24.3 Å². The molecule has 0 amide bonds. The highest BCUT2D eigenvalue weighted by molar-refractivity contribution is 4.66. The molecule has 1 N–H and O–H groups in total. The molecular formula is C11H24N2O2. The van der Waals surface area contributed by atoms with Gasteiger partial charge in [-0.1, -0.05) is 0 Å². The second-order valence-corrected chi connectivity index (χ2v) is 4.25. The van der Waals surface area contributed by atoms with Gasteiger partial charge in [0, 0.05) is 26.3 Å². The van der Waals surface area contributed by atoms with Gasteiger partial charge in [0.05, 0.1) is 12.7 Å². The van der Waals surface area contributed by atoms with Crippen LogP contribution in [0, 0.1) is 0 Å². The van der Waals surface area contributed by atoms with Gasteiger partial charge in [-0.05, 0) is 33.5 Å². The fourth-order valence-corrected chi connectivity index (χ4v) is 1.60. The molecule has 1 rings (SSSR count). The van der Waals surface area contributed by atoms with E-state index in [1.54, 1.807) is 0 Å². The van der Waals surface area contributed by atoms with Crippen molar-refractivity contribution in [1.82, 2.24) is 10.2 Å². The van der Waals surface area contributed by atoms with Crippen LogP contribution in [0.3, 0.4) is 0 Å². The van der Waals surface area contributed by atoms with E-state index in [-0.39, 0.29) is 0 Å². The van der Waals surface area contributed by atoms with Gasteiger partial charge in [-0.15, -0.1) is 0 Å². The lowest BCUT2D eigenvalue weighted by Crippen LogP contribution is -2.39. The van der Waals surface area contributed by atoms with Crippen molar-refractivity contribution < 1.29 is 9.47 Å². The van der Waals surface area contributed by atoms with Crippen LogP contribution in [0.1, 0.15) is 12.8 Å². The van der Waals surface area contributed by atoms with Crippen LogP contribution in [-0.2, 0) is 9.47 Å². The molecule has 15 heavy (non-hydrogen) atoms. The van der Waals surface area contributed by atoms with Gasteiger partial charge in [-0.25, -0.2) is 0 Å². The summed E-state index contributed by atoms with van der Waals surface area (Å²) < 4.78 is 11.1. The number of morpholine rings is 1. The van der Waals surface area contributed by atoms with Crippen LogP contribution in [0.5, 0.6) is 0 Å². The predicted octanol–water partition coefficient (Wildman–Crippen LogP) is 0.333. The van der Waals surface area contributed by atoms with Gasteiger partial charge in [0.1, 0.15) is 0 Å². The average molecular weight is 216 g/mol. The van der Waals surface area contributed by atoms with Crippen LogP contribution >= 0.6 is 0 Å². The summed E-state index contributed by atoms with van der Waals surface area (Å²) >= 11 is 0. The second kappa shape index (κ2) is 8.05. The lowest BCUT2D eigenvalue weighted by atomic mass is 10.2. The summed E-state index contributed by atoms with van der Waals surface area (Å²) in [7, 11) is 4.17. The lowest BCUT2D eigenvalue weighted by Gasteiger charge is -2.23. The Labute approximate surface area is 92.9 Å². The van der Waals surface area contributed by atoms with Gasteiger partial charge >= 0.3 is 0 Å². The van der Waals surface area contributed by atoms with E-state index < -0.39 is 0 Å². The zero-order valence-corrected chi connectivity index (χ0v) is 10.00. The molecule has 0 aliphatic carbocycles. The largest absolute Gasteiger partial charge is 0.381 e. The molecule has 1 fully saturated rings. The monoisotopic (exact) mass is 216 g/mol. The minimum Gasteiger partial charge on any atom is -0.381 e. The summed E-state index contributed by atoms with van der Waals surface area (Å²) in [6, 6.07) is 0. The van der Waals surface area contributed by atoms with Crippen molar-refractivity contribution in [2.24, 2.45) is 0 Å². The van der Waals surface area contributed by atoms with E-state index in [0.717, 1.165) is 52.3 Å². The molecule has 1 atom stereocenters. The maximum Gasteiger partial charge on any atom is 0.0722 e. The number of ether oxygens (including phenoxy) is 2. The summed E-state index contributed by atoms with van der Waals surface area (Å²) in [5.74, 6) is 0. The molecule has 1 unspecified atom stereocenters. The van der Waals surface area contributed by atoms with E-state index >= 15 is 0 Å².